The van der Waals surface area contributed by atoms with Gasteiger partial charge in [0.1, 0.15) is 0 Å². The minimum absolute atomic E-state index is 0.122. The van der Waals surface area contributed by atoms with Gasteiger partial charge in [0.05, 0.1) is 0 Å². The standard InChI is InChI=1S/C8H9BrIN/c1-5(11)6-2-3-7(9)8(10)4-6/h2-5H,11H2,1H3. The van der Waals surface area contributed by atoms with E-state index < -0.39 is 0 Å². The predicted octanol–water partition coefficient (Wildman–Crippen LogP) is 3.07. The van der Waals surface area contributed by atoms with Gasteiger partial charge in [-0.3, -0.25) is 0 Å². The van der Waals surface area contributed by atoms with Crippen LogP contribution < -0.4 is 5.73 Å². The lowest BCUT2D eigenvalue weighted by Gasteiger charge is -2.06. The van der Waals surface area contributed by atoms with Crippen LogP contribution in [-0.2, 0) is 0 Å². The smallest absolute Gasteiger partial charge is 0.0309 e. The average molecular weight is 326 g/mol. The lowest BCUT2D eigenvalue weighted by atomic mass is 10.1. The fourth-order valence-electron chi connectivity index (χ4n) is 0.796. The van der Waals surface area contributed by atoms with Gasteiger partial charge in [0.15, 0.2) is 0 Å². The minimum atomic E-state index is 0.122. The fraction of sp³-hybridized carbons (Fsp3) is 0.250. The van der Waals surface area contributed by atoms with Crippen LogP contribution in [0.2, 0.25) is 0 Å². The average Bonchev–Trinajstić information content (AvgIpc) is 1.94. The Hall–Kier alpha value is 0.390. The summed E-state index contributed by atoms with van der Waals surface area (Å²) < 4.78 is 2.33. The van der Waals surface area contributed by atoms with Gasteiger partial charge >= 0.3 is 0 Å². The van der Waals surface area contributed by atoms with Gasteiger partial charge in [0.25, 0.3) is 0 Å². The van der Waals surface area contributed by atoms with Gasteiger partial charge in [-0.2, -0.15) is 0 Å². The SMILES string of the molecule is CC(N)c1ccc(Br)c(I)c1. The second kappa shape index (κ2) is 3.87. The Balaban J connectivity index is 3.05. The maximum absolute atomic E-state index is 5.71. The molecule has 1 rings (SSSR count). The summed E-state index contributed by atoms with van der Waals surface area (Å²) in [4.78, 5) is 0. The molecule has 60 valence electrons. The molecular weight excluding hydrogens is 317 g/mol. The third kappa shape index (κ3) is 2.42. The zero-order valence-corrected chi connectivity index (χ0v) is 9.89. The molecule has 1 aromatic carbocycles. The van der Waals surface area contributed by atoms with Crippen molar-refractivity contribution in [2.75, 3.05) is 0 Å². The molecule has 2 N–H and O–H groups in total. The van der Waals surface area contributed by atoms with E-state index in [4.69, 9.17) is 5.73 Å². The molecule has 0 saturated carbocycles. The van der Waals surface area contributed by atoms with Crippen molar-refractivity contribution in [3.8, 4) is 0 Å². The number of hydrogen-bond donors (Lipinski definition) is 1. The van der Waals surface area contributed by atoms with E-state index in [0.717, 1.165) is 4.47 Å². The quantitative estimate of drug-likeness (QED) is 0.789. The first-order chi connectivity index (χ1) is 5.11. The molecule has 0 amide bonds. The van der Waals surface area contributed by atoms with E-state index in [9.17, 15) is 0 Å². The van der Waals surface area contributed by atoms with Crippen LogP contribution in [-0.4, -0.2) is 0 Å². The van der Waals surface area contributed by atoms with Crippen molar-refractivity contribution < 1.29 is 0 Å². The molecule has 0 aliphatic rings. The Kier molecular flexibility index (Phi) is 3.33. The molecule has 1 aromatic rings. The molecule has 0 radical (unpaired) electrons. The summed E-state index contributed by atoms with van der Waals surface area (Å²) >= 11 is 5.71. The summed E-state index contributed by atoms with van der Waals surface area (Å²) in [6, 6.07) is 6.28. The second-order valence-corrected chi connectivity index (χ2v) is 4.48. The van der Waals surface area contributed by atoms with Crippen LogP contribution in [0.25, 0.3) is 0 Å². The molecule has 3 heteroatoms. The number of hydrogen-bond acceptors (Lipinski definition) is 1. The first-order valence-electron chi connectivity index (χ1n) is 3.32. The Morgan fingerprint density at radius 1 is 1.55 bits per heavy atom. The Labute approximate surface area is 88.6 Å². The zero-order valence-electron chi connectivity index (χ0n) is 6.14. The molecule has 1 atom stereocenters. The van der Waals surface area contributed by atoms with E-state index in [-0.39, 0.29) is 6.04 Å². The van der Waals surface area contributed by atoms with Crippen LogP contribution in [0.15, 0.2) is 22.7 Å². The summed E-state index contributed by atoms with van der Waals surface area (Å²) in [5.74, 6) is 0. The first-order valence-corrected chi connectivity index (χ1v) is 5.19. The normalized spacial score (nSPS) is 13.1. The number of nitrogens with two attached hydrogens (primary N) is 1. The van der Waals surface area contributed by atoms with E-state index >= 15 is 0 Å². The van der Waals surface area contributed by atoms with Gasteiger partial charge in [0, 0.05) is 14.1 Å². The molecule has 1 nitrogen and oxygen atoms in total. The monoisotopic (exact) mass is 325 g/mol. The van der Waals surface area contributed by atoms with Crippen molar-refractivity contribution in [3.05, 3.63) is 31.8 Å². The van der Waals surface area contributed by atoms with Gasteiger partial charge in [-0.05, 0) is 63.1 Å². The number of halogens is 2. The molecular formula is C8H9BrIN. The Bertz CT molecular complexity index is 260. The summed E-state index contributed by atoms with van der Waals surface area (Å²) in [5.41, 5.74) is 6.89. The topological polar surface area (TPSA) is 26.0 Å². The lowest BCUT2D eigenvalue weighted by Crippen LogP contribution is -2.04. The van der Waals surface area contributed by atoms with Gasteiger partial charge in [-0.25, -0.2) is 0 Å². The first kappa shape index (κ1) is 9.48. The highest BCUT2D eigenvalue weighted by Gasteiger charge is 2.01. The predicted molar refractivity (Wildman–Crippen MR) is 59.5 cm³/mol. The molecule has 1 unspecified atom stereocenters. The summed E-state index contributed by atoms with van der Waals surface area (Å²) in [5, 5.41) is 0. The zero-order chi connectivity index (χ0) is 8.43. The van der Waals surface area contributed by atoms with Gasteiger partial charge < -0.3 is 5.73 Å². The van der Waals surface area contributed by atoms with Crippen LogP contribution in [0.1, 0.15) is 18.5 Å². The molecule has 0 spiro atoms. The molecule has 0 heterocycles. The molecule has 0 aliphatic carbocycles. The highest BCUT2D eigenvalue weighted by Crippen LogP contribution is 2.22. The minimum Gasteiger partial charge on any atom is -0.324 e. The number of rotatable bonds is 1. The van der Waals surface area contributed by atoms with Gasteiger partial charge in [0.2, 0.25) is 0 Å². The lowest BCUT2D eigenvalue weighted by molar-refractivity contribution is 0.817. The van der Waals surface area contributed by atoms with E-state index in [1.165, 1.54) is 9.13 Å². The maximum atomic E-state index is 5.71. The van der Waals surface area contributed by atoms with Crippen molar-refractivity contribution in [2.24, 2.45) is 5.73 Å². The molecule has 0 fully saturated rings. The van der Waals surface area contributed by atoms with Crippen LogP contribution in [0.5, 0.6) is 0 Å². The Morgan fingerprint density at radius 3 is 2.64 bits per heavy atom. The second-order valence-electron chi connectivity index (χ2n) is 2.46. The summed E-state index contributed by atoms with van der Waals surface area (Å²) in [6.45, 7) is 1.99. The van der Waals surface area contributed by atoms with Gasteiger partial charge in [-0.1, -0.05) is 6.07 Å². The largest absolute Gasteiger partial charge is 0.324 e. The highest BCUT2D eigenvalue weighted by molar-refractivity contribution is 14.1. The van der Waals surface area contributed by atoms with E-state index in [1.54, 1.807) is 0 Å². The molecule has 0 aliphatic heterocycles. The summed E-state index contributed by atoms with van der Waals surface area (Å²) in [6.07, 6.45) is 0. The van der Waals surface area contributed by atoms with Crippen LogP contribution >= 0.6 is 38.5 Å². The van der Waals surface area contributed by atoms with E-state index in [1.807, 2.05) is 19.1 Å². The molecule has 0 bridgehead atoms. The van der Waals surface area contributed by atoms with Crippen molar-refractivity contribution >= 4 is 38.5 Å². The highest BCUT2D eigenvalue weighted by atomic mass is 127. The van der Waals surface area contributed by atoms with Crippen molar-refractivity contribution in [1.82, 2.24) is 0 Å². The van der Waals surface area contributed by atoms with Crippen molar-refractivity contribution in [3.63, 3.8) is 0 Å². The van der Waals surface area contributed by atoms with E-state index in [0.29, 0.717) is 0 Å². The molecule has 11 heavy (non-hydrogen) atoms. The van der Waals surface area contributed by atoms with Crippen LogP contribution in [0.3, 0.4) is 0 Å². The van der Waals surface area contributed by atoms with Crippen molar-refractivity contribution in [2.45, 2.75) is 13.0 Å². The molecule has 0 aromatic heterocycles. The third-order valence-electron chi connectivity index (χ3n) is 1.47. The summed E-state index contributed by atoms with van der Waals surface area (Å²) in [7, 11) is 0. The van der Waals surface area contributed by atoms with Crippen molar-refractivity contribution in [1.29, 1.82) is 0 Å². The fourth-order valence-corrected chi connectivity index (χ4v) is 1.58. The van der Waals surface area contributed by atoms with E-state index in [2.05, 4.69) is 44.6 Å². The molecule has 0 saturated heterocycles. The number of benzene rings is 1. The van der Waals surface area contributed by atoms with Crippen LogP contribution in [0, 0.1) is 3.57 Å². The maximum Gasteiger partial charge on any atom is 0.0309 e. The Morgan fingerprint density at radius 2 is 2.18 bits per heavy atom. The third-order valence-corrected chi connectivity index (χ3v) is 3.79. The van der Waals surface area contributed by atoms with Crippen LogP contribution in [0.4, 0.5) is 0 Å². The van der Waals surface area contributed by atoms with Gasteiger partial charge in [-0.15, -0.1) is 0 Å².